The number of rotatable bonds is 2. The highest BCUT2D eigenvalue weighted by Crippen LogP contribution is 2.22. The number of aliphatic hydroxyl groups excluding tert-OH is 1. The van der Waals surface area contributed by atoms with Crippen LogP contribution in [-0.2, 0) is 11.3 Å². The van der Waals surface area contributed by atoms with Crippen molar-refractivity contribution in [3.8, 4) is 11.1 Å². The van der Waals surface area contributed by atoms with Crippen LogP contribution in [0, 0.1) is 0 Å². The largest absolute Gasteiger partial charge is 0.442 e. The van der Waals surface area contributed by atoms with E-state index in [1.54, 1.807) is 33.0 Å². The number of ether oxygens (including phenoxy) is 1. The molecule has 0 bridgehead atoms. The van der Waals surface area contributed by atoms with Gasteiger partial charge < -0.3 is 9.84 Å². The fourth-order valence-electron chi connectivity index (χ4n) is 2.47. The van der Waals surface area contributed by atoms with Gasteiger partial charge in [0.15, 0.2) is 5.65 Å². The smallest absolute Gasteiger partial charge is 0.439 e. The summed E-state index contributed by atoms with van der Waals surface area (Å²) < 4.78 is 7.13. The summed E-state index contributed by atoms with van der Waals surface area (Å²) >= 11 is 0. The number of carbonyl (C=O) groups is 1. The summed E-state index contributed by atoms with van der Waals surface area (Å²) in [6.07, 6.45) is 0.742. The van der Waals surface area contributed by atoms with Gasteiger partial charge in [-0.15, -0.1) is 9.78 Å². The third kappa shape index (κ3) is 3.32. The maximum atomic E-state index is 12.6. The molecule has 0 aliphatic rings. The van der Waals surface area contributed by atoms with Crippen LogP contribution in [0.15, 0.2) is 47.4 Å². The van der Waals surface area contributed by atoms with Crippen LogP contribution in [0.3, 0.4) is 0 Å². The Hall–Kier alpha value is -2.93. The van der Waals surface area contributed by atoms with Gasteiger partial charge in [-0.2, -0.15) is 0 Å². The summed E-state index contributed by atoms with van der Waals surface area (Å²) in [5.74, 6) is 0. The van der Waals surface area contributed by atoms with Crippen LogP contribution in [0.4, 0.5) is 4.79 Å². The second kappa shape index (κ2) is 6.18. The van der Waals surface area contributed by atoms with Crippen molar-refractivity contribution in [1.82, 2.24) is 14.2 Å². The molecule has 1 N–H and O–H groups in total. The number of aromatic nitrogens is 3. The first-order valence-electron chi connectivity index (χ1n) is 7.84. The van der Waals surface area contributed by atoms with E-state index in [9.17, 15) is 14.7 Å². The number of carbonyl (C=O) groups excluding carboxylic acids is 1. The van der Waals surface area contributed by atoms with Gasteiger partial charge >= 0.3 is 11.8 Å². The molecule has 0 aliphatic heterocycles. The van der Waals surface area contributed by atoms with Gasteiger partial charge in [0.1, 0.15) is 5.60 Å². The summed E-state index contributed by atoms with van der Waals surface area (Å²) in [6, 6.07) is 11.2. The Labute approximate surface area is 144 Å². The Morgan fingerprint density at radius 3 is 2.48 bits per heavy atom. The number of fused-ring (bicyclic) bond motifs is 1. The third-order valence-electron chi connectivity index (χ3n) is 3.54. The first-order valence-corrected chi connectivity index (χ1v) is 7.84. The van der Waals surface area contributed by atoms with E-state index in [1.807, 2.05) is 30.3 Å². The average molecular weight is 341 g/mol. The van der Waals surface area contributed by atoms with Crippen molar-refractivity contribution < 1.29 is 14.6 Å². The molecule has 0 amide bonds. The Kier molecular flexibility index (Phi) is 4.18. The van der Waals surface area contributed by atoms with Gasteiger partial charge in [-0.3, -0.25) is 0 Å². The molecule has 25 heavy (non-hydrogen) atoms. The number of pyridine rings is 1. The zero-order chi connectivity index (χ0) is 18.2. The number of hydrogen-bond acceptors (Lipinski definition) is 5. The van der Waals surface area contributed by atoms with E-state index in [2.05, 4.69) is 5.10 Å². The van der Waals surface area contributed by atoms with Gasteiger partial charge in [0.05, 0.1) is 6.61 Å². The Morgan fingerprint density at radius 1 is 1.20 bits per heavy atom. The molecule has 0 aliphatic carbocycles. The fraction of sp³-hybridized carbons (Fsp3) is 0.278. The normalized spacial score (nSPS) is 11.7. The van der Waals surface area contributed by atoms with Gasteiger partial charge in [0.25, 0.3) is 0 Å². The zero-order valence-electron chi connectivity index (χ0n) is 14.3. The van der Waals surface area contributed by atoms with E-state index in [-0.39, 0.29) is 12.3 Å². The molecule has 1 aromatic carbocycles. The predicted molar refractivity (Wildman–Crippen MR) is 92.4 cm³/mol. The van der Waals surface area contributed by atoms with Crippen LogP contribution >= 0.6 is 0 Å². The molecular formula is C18H19N3O4. The lowest BCUT2D eigenvalue weighted by Crippen LogP contribution is -2.34. The number of benzene rings is 1. The molecule has 0 atom stereocenters. The van der Waals surface area contributed by atoms with Crippen molar-refractivity contribution in [1.29, 1.82) is 0 Å². The van der Waals surface area contributed by atoms with Crippen molar-refractivity contribution in [3.63, 3.8) is 0 Å². The molecule has 3 aromatic rings. The SMILES string of the molecule is CC(C)(C)OC(=O)n1nc2c(CO)cc(-c3ccccc3)cn2c1=O. The third-order valence-corrected chi connectivity index (χ3v) is 3.54. The second-order valence-electron chi connectivity index (χ2n) is 6.65. The van der Waals surface area contributed by atoms with Crippen LogP contribution in [0.25, 0.3) is 16.8 Å². The van der Waals surface area contributed by atoms with Crippen molar-refractivity contribution in [2.45, 2.75) is 33.0 Å². The average Bonchev–Trinajstić information content (AvgIpc) is 2.90. The minimum absolute atomic E-state index is 0.220. The summed E-state index contributed by atoms with van der Waals surface area (Å²) in [7, 11) is 0. The van der Waals surface area contributed by atoms with E-state index in [0.717, 1.165) is 11.1 Å². The van der Waals surface area contributed by atoms with Crippen LogP contribution in [-0.4, -0.2) is 31.0 Å². The van der Waals surface area contributed by atoms with Gasteiger partial charge in [0.2, 0.25) is 0 Å². The highest BCUT2D eigenvalue weighted by atomic mass is 16.6. The molecule has 0 fully saturated rings. The van der Waals surface area contributed by atoms with Crippen molar-refractivity contribution in [2.24, 2.45) is 0 Å². The summed E-state index contributed by atoms with van der Waals surface area (Å²) in [5, 5.41) is 13.7. The van der Waals surface area contributed by atoms with Crippen molar-refractivity contribution in [3.05, 3.63) is 58.6 Å². The minimum atomic E-state index is -0.855. The summed E-state index contributed by atoms with van der Waals surface area (Å²) in [4.78, 5) is 24.8. The van der Waals surface area contributed by atoms with E-state index >= 15 is 0 Å². The molecule has 2 aromatic heterocycles. The molecule has 0 saturated heterocycles. The van der Waals surface area contributed by atoms with Crippen LogP contribution in [0.2, 0.25) is 0 Å². The molecule has 0 unspecified atom stereocenters. The van der Waals surface area contributed by atoms with Gasteiger partial charge in [-0.25, -0.2) is 14.0 Å². The van der Waals surface area contributed by atoms with E-state index < -0.39 is 17.4 Å². The first-order chi connectivity index (χ1) is 11.8. The van der Waals surface area contributed by atoms with E-state index in [1.165, 1.54) is 4.40 Å². The topological polar surface area (TPSA) is 85.8 Å². The summed E-state index contributed by atoms with van der Waals surface area (Å²) in [5.41, 5.74) is 0.899. The van der Waals surface area contributed by atoms with Gasteiger partial charge in [0, 0.05) is 11.8 Å². The molecule has 130 valence electrons. The zero-order valence-corrected chi connectivity index (χ0v) is 14.3. The second-order valence-corrected chi connectivity index (χ2v) is 6.65. The monoisotopic (exact) mass is 341 g/mol. The van der Waals surface area contributed by atoms with Crippen molar-refractivity contribution in [2.75, 3.05) is 0 Å². The fourth-order valence-corrected chi connectivity index (χ4v) is 2.47. The maximum absolute atomic E-state index is 12.6. The number of nitrogens with zero attached hydrogens (tertiary/aromatic N) is 3. The standard InChI is InChI=1S/C18H19N3O4/c1-18(2,3)25-17(24)21-16(23)20-10-13(12-7-5-4-6-8-12)9-14(11-22)15(20)19-21/h4-10,22H,11H2,1-3H3. The molecule has 7 nitrogen and oxygen atoms in total. The number of hydrogen-bond donors (Lipinski definition) is 1. The Morgan fingerprint density at radius 2 is 1.88 bits per heavy atom. The minimum Gasteiger partial charge on any atom is -0.442 e. The Bertz CT molecular complexity index is 981. The number of aliphatic hydroxyl groups is 1. The van der Waals surface area contributed by atoms with Gasteiger partial charge in [-0.05, 0) is 38.0 Å². The molecule has 7 heteroatoms. The predicted octanol–water partition coefficient (Wildman–Crippen LogP) is 2.44. The van der Waals surface area contributed by atoms with Crippen LogP contribution < -0.4 is 5.69 Å². The molecule has 2 heterocycles. The summed E-state index contributed by atoms with van der Waals surface area (Å²) in [6.45, 7) is 4.81. The quantitative estimate of drug-likeness (QED) is 0.774. The molecule has 0 spiro atoms. The lowest BCUT2D eigenvalue weighted by molar-refractivity contribution is 0.0508. The highest BCUT2D eigenvalue weighted by Gasteiger charge is 2.23. The van der Waals surface area contributed by atoms with Crippen molar-refractivity contribution >= 4 is 11.7 Å². The molecule has 0 radical (unpaired) electrons. The van der Waals surface area contributed by atoms with E-state index in [0.29, 0.717) is 10.2 Å². The van der Waals surface area contributed by atoms with Crippen LogP contribution in [0.1, 0.15) is 26.3 Å². The Balaban J connectivity index is 2.17. The van der Waals surface area contributed by atoms with Crippen LogP contribution in [0.5, 0.6) is 0 Å². The molecule has 3 rings (SSSR count). The first kappa shape index (κ1) is 16.9. The molecular weight excluding hydrogens is 322 g/mol. The highest BCUT2D eigenvalue weighted by molar-refractivity contribution is 5.72. The lowest BCUT2D eigenvalue weighted by atomic mass is 10.1. The molecule has 0 saturated carbocycles. The van der Waals surface area contributed by atoms with E-state index in [4.69, 9.17) is 4.74 Å². The lowest BCUT2D eigenvalue weighted by Gasteiger charge is -2.18. The maximum Gasteiger partial charge on any atom is 0.439 e. The van der Waals surface area contributed by atoms with Gasteiger partial charge in [-0.1, -0.05) is 30.3 Å².